The van der Waals surface area contributed by atoms with Crippen LogP contribution in [0.3, 0.4) is 0 Å². The van der Waals surface area contributed by atoms with Crippen LogP contribution in [0.15, 0.2) is 63.7 Å². The second-order valence-corrected chi connectivity index (χ2v) is 9.23. The number of sulfonamides is 1. The molecule has 0 aromatic heterocycles. The van der Waals surface area contributed by atoms with E-state index in [1.54, 1.807) is 0 Å². The van der Waals surface area contributed by atoms with E-state index in [1.807, 2.05) is 0 Å². The standard InChI is InChI=1S/C12H12AsN3O5S/c14-22(20,21)12-7-5-11(6-8-12)16-15-10-3-1-9(2-4-10)13(17,18)19/h1-8H,(H2,14,20,21)(H2,17,18,19). The van der Waals surface area contributed by atoms with Crippen LogP contribution in [0.4, 0.5) is 11.4 Å². The first-order valence-corrected chi connectivity index (χ1v) is 10.8. The van der Waals surface area contributed by atoms with Gasteiger partial charge in [-0.1, -0.05) is 0 Å². The van der Waals surface area contributed by atoms with E-state index in [-0.39, 0.29) is 9.25 Å². The second-order valence-electron chi connectivity index (χ2n) is 4.30. The van der Waals surface area contributed by atoms with Crippen molar-refractivity contribution in [2.45, 2.75) is 4.90 Å². The van der Waals surface area contributed by atoms with Crippen molar-refractivity contribution in [3.05, 3.63) is 48.5 Å². The zero-order valence-corrected chi connectivity index (χ0v) is 13.8. The molecule has 0 saturated carbocycles. The Morgan fingerprint density at radius 3 is 1.64 bits per heavy atom. The maximum absolute atomic E-state index is 11.1. The Morgan fingerprint density at radius 1 is 0.864 bits per heavy atom. The topological polar surface area (TPSA) is 142 Å². The molecule has 0 amide bonds. The molecule has 116 valence electrons. The summed E-state index contributed by atoms with van der Waals surface area (Å²) >= 11 is -4.89. The van der Waals surface area contributed by atoms with Crippen LogP contribution >= 0.6 is 0 Å². The van der Waals surface area contributed by atoms with E-state index in [0.29, 0.717) is 11.4 Å². The SMILES string of the molecule is NS(=O)(=O)c1ccc(N=Nc2ccc([As](=O)(O)O)cc2)cc1. The van der Waals surface area contributed by atoms with Gasteiger partial charge in [0.25, 0.3) is 0 Å². The van der Waals surface area contributed by atoms with E-state index in [9.17, 15) is 12.2 Å². The Morgan fingerprint density at radius 2 is 1.27 bits per heavy atom. The van der Waals surface area contributed by atoms with E-state index in [2.05, 4.69) is 10.2 Å². The number of primary sulfonamides is 1. The fourth-order valence-corrected chi connectivity index (χ4v) is 3.17. The molecule has 8 nitrogen and oxygen atoms in total. The van der Waals surface area contributed by atoms with Gasteiger partial charge in [0, 0.05) is 0 Å². The Hall–Kier alpha value is -1.77. The molecule has 0 unspecified atom stereocenters. The van der Waals surface area contributed by atoms with Gasteiger partial charge in [-0.05, 0) is 0 Å². The van der Waals surface area contributed by atoms with Crippen LogP contribution in [0.1, 0.15) is 0 Å². The third-order valence-electron chi connectivity index (χ3n) is 2.63. The fourth-order valence-electron chi connectivity index (χ4n) is 1.53. The molecule has 0 aliphatic carbocycles. The van der Waals surface area contributed by atoms with Gasteiger partial charge in [0.15, 0.2) is 0 Å². The van der Waals surface area contributed by atoms with Crippen molar-refractivity contribution in [3.63, 3.8) is 0 Å². The van der Waals surface area contributed by atoms with Crippen LogP contribution in [-0.4, -0.2) is 30.8 Å². The molecule has 0 saturated heterocycles. The third-order valence-corrected chi connectivity index (χ3v) is 5.60. The van der Waals surface area contributed by atoms with Crippen molar-refractivity contribution in [3.8, 4) is 0 Å². The third kappa shape index (κ3) is 4.36. The molecule has 10 heteroatoms. The van der Waals surface area contributed by atoms with E-state index >= 15 is 0 Å². The van der Waals surface area contributed by atoms with Crippen LogP contribution in [0.2, 0.25) is 0 Å². The van der Waals surface area contributed by atoms with Gasteiger partial charge in [0.1, 0.15) is 0 Å². The molecular formula is C12H12AsN3O5S. The summed E-state index contributed by atoms with van der Waals surface area (Å²) in [6.45, 7) is 0. The van der Waals surface area contributed by atoms with Gasteiger partial charge in [-0.25, -0.2) is 0 Å². The van der Waals surface area contributed by atoms with Crippen LogP contribution < -0.4 is 9.49 Å². The van der Waals surface area contributed by atoms with E-state index in [1.165, 1.54) is 48.5 Å². The molecule has 2 aromatic rings. The van der Waals surface area contributed by atoms with E-state index < -0.39 is 24.2 Å². The molecular weight excluding hydrogens is 373 g/mol. The number of rotatable bonds is 4. The molecule has 2 aromatic carbocycles. The van der Waals surface area contributed by atoms with Gasteiger partial charge in [0.2, 0.25) is 0 Å². The summed E-state index contributed by atoms with van der Waals surface area (Å²) < 4.78 is 51.3. The normalized spacial score (nSPS) is 12.7. The van der Waals surface area contributed by atoms with E-state index in [0.717, 1.165) is 0 Å². The second kappa shape index (κ2) is 6.15. The van der Waals surface area contributed by atoms with Gasteiger partial charge >= 0.3 is 129 Å². The minimum absolute atomic E-state index is 0.0281. The Kier molecular flexibility index (Phi) is 4.64. The predicted molar refractivity (Wildman–Crippen MR) is 78.9 cm³/mol. The average Bonchev–Trinajstić information content (AvgIpc) is 2.44. The molecule has 0 aliphatic heterocycles. The Bertz CT molecular complexity index is 841. The zero-order valence-electron chi connectivity index (χ0n) is 11.1. The Labute approximate surface area is 129 Å². The number of hydrogen-bond donors (Lipinski definition) is 3. The number of hydrogen-bond acceptors (Lipinski definition) is 5. The van der Waals surface area contributed by atoms with E-state index in [4.69, 9.17) is 13.3 Å². The minimum atomic E-state index is -4.89. The summed E-state index contributed by atoms with van der Waals surface area (Å²) in [6.07, 6.45) is 0. The molecule has 0 aliphatic rings. The van der Waals surface area contributed by atoms with Crippen molar-refractivity contribution < 1.29 is 20.3 Å². The Balaban J connectivity index is 2.17. The summed E-state index contributed by atoms with van der Waals surface area (Å²) in [5, 5.41) is 12.8. The van der Waals surface area contributed by atoms with Gasteiger partial charge in [-0.15, -0.1) is 0 Å². The van der Waals surface area contributed by atoms with Crippen LogP contribution in [0.5, 0.6) is 0 Å². The molecule has 0 bridgehead atoms. The van der Waals surface area contributed by atoms with Gasteiger partial charge in [0.05, 0.1) is 0 Å². The molecule has 0 fully saturated rings. The first kappa shape index (κ1) is 16.6. The first-order valence-electron chi connectivity index (χ1n) is 5.87. The molecule has 0 heterocycles. The number of benzene rings is 2. The number of nitrogens with two attached hydrogens (primary N) is 1. The van der Waals surface area contributed by atoms with Crippen molar-refractivity contribution in [1.29, 1.82) is 0 Å². The van der Waals surface area contributed by atoms with Gasteiger partial charge < -0.3 is 0 Å². The fraction of sp³-hybridized carbons (Fsp3) is 0. The molecule has 0 atom stereocenters. The molecule has 0 radical (unpaired) electrons. The molecule has 0 spiro atoms. The number of azo groups is 1. The van der Waals surface area contributed by atoms with Crippen LogP contribution in [0.25, 0.3) is 0 Å². The predicted octanol–water partition coefficient (Wildman–Crippen LogP) is 0.310. The van der Waals surface area contributed by atoms with Crippen molar-refractivity contribution in [1.82, 2.24) is 0 Å². The maximum atomic E-state index is 11.1. The van der Waals surface area contributed by atoms with Crippen LogP contribution in [-0.2, 0) is 13.8 Å². The zero-order chi connectivity index (χ0) is 16.4. The van der Waals surface area contributed by atoms with Crippen LogP contribution in [0, 0.1) is 0 Å². The van der Waals surface area contributed by atoms with Crippen molar-refractivity contribution in [2.75, 3.05) is 0 Å². The first-order chi connectivity index (χ1) is 10.2. The van der Waals surface area contributed by atoms with Gasteiger partial charge in [-0.3, -0.25) is 0 Å². The quantitative estimate of drug-likeness (QED) is 0.513. The van der Waals surface area contributed by atoms with Gasteiger partial charge in [-0.2, -0.15) is 0 Å². The summed E-state index contributed by atoms with van der Waals surface area (Å²) in [4.78, 5) is -0.0281. The monoisotopic (exact) mass is 385 g/mol. The summed E-state index contributed by atoms with van der Waals surface area (Å²) in [5.41, 5.74) is 0.818. The molecule has 4 N–H and O–H groups in total. The average molecular weight is 385 g/mol. The summed E-state index contributed by atoms with van der Waals surface area (Å²) in [5.74, 6) is 0. The van der Waals surface area contributed by atoms with Crippen molar-refractivity contribution in [2.24, 2.45) is 15.4 Å². The summed E-state index contributed by atoms with van der Waals surface area (Å²) in [6, 6.07) is 10.9. The summed E-state index contributed by atoms with van der Waals surface area (Å²) in [7, 11) is -3.75. The molecule has 22 heavy (non-hydrogen) atoms. The molecule has 2 rings (SSSR count). The number of nitrogens with zero attached hydrogens (tertiary/aromatic N) is 2. The van der Waals surface area contributed by atoms with Crippen molar-refractivity contribution >= 4 is 39.9 Å².